The first kappa shape index (κ1) is 15.5. The van der Waals surface area contributed by atoms with E-state index in [1.54, 1.807) is 0 Å². The van der Waals surface area contributed by atoms with Crippen LogP contribution in [0.5, 0.6) is 0 Å². The molecule has 0 aliphatic heterocycles. The maximum atomic E-state index is 11.1. The summed E-state index contributed by atoms with van der Waals surface area (Å²) in [7, 11) is 0. The van der Waals surface area contributed by atoms with Crippen LogP contribution in [-0.4, -0.2) is 16.5 Å². The average molecular weight is 292 g/mol. The summed E-state index contributed by atoms with van der Waals surface area (Å²) in [5.41, 5.74) is 5.87. The zero-order chi connectivity index (χ0) is 15.5. The topological polar surface area (TPSA) is 94.1 Å². The van der Waals surface area contributed by atoms with Crippen LogP contribution in [0.15, 0.2) is 12.1 Å². The molecule has 116 valence electrons. The van der Waals surface area contributed by atoms with Crippen LogP contribution in [0.2, 0.25) is 0 Å². The fourth-order valence-corrected chi connectivity index (χ4v) is 3.46. The third kappa shape index (κ3) is 3.83. The summed E-state index contributed by atoms with van der Waals surface area (Å²) in [6.07, 6.45) is 5.96. The van der Waals surface area contributed by atoms with Gasteiger partial charge in [0.1, 0.15) is 5.82 Å². The number of rotatable bonds is 6. The van der Waals surface area contributed by atoms with Gasteiger partial charge in [-0.25, -0.2) is 4.98 Å². The van der Waals surface area contributed by atoms with Crippen LogP contribution in [0.4, 0.5) is 17.3 Å². The number of hydrogen-bond donors (Lipinski definition) is 2. The summed E-state index contributed by atoms with van der Waals surface area (Å²) in [5.74, 6) is 1.20. The van der Waals surface area contributed by atoms with Crippen LogP contribution < -0.4 is 11.1 Å². The molecule has 0 amide bonds. The van der Waals surface area contributed by atoms with E-state index in [0.29, 0.717) is 11.7 Å². The Labute approximate surface area is 125 Å². The normalized spacial score (nSPS) is 17.1. The Morgan fingerprint density at radius 1 is 1.43 bits per heavy atom. The maximum Gasteiger partial charge on any atom is 0.311 e. The van der Waals surface area contributed by atoms with Crippen LogP contribution in [-0.2, 0) is 0 Å². The molecule has 0 unspecified atom stereocenters. The van der Waals surface area contributed by atoms with E-state index in [1.165, 1.54) is 37.8 Å². The Balaban J connectivity index is 2.14. The van der Waals surface area contributed by atoms with Crippen molar-refractivity contribution in [1.29, 1.82) is 0 Å². The standard InChI is InChI=1S/C15H24N4O2/c1-11(2)9-15(7-3-4-8-15)10-17-14-12(19(20)21)5-6-13(16)18-14/h5-6,11H,3-4,7-10H2,1-2H3,(H3,16,17,18). The molecule has 0 spiro atoms. The lowest BCUT2D eigenvalue weighted by molar-refractivity contribution is -0.384. The largest absolute Gasteiger partial charge is 0.384 e. The summed E-state index contributed by atoms with van der Waals surface area (Å²) >= 11 is 0. The Bertz CT molecular complexity index is 510. The lowest BCUT2D eigenvalue weighted by atomic mass is 9.78. The van der Waals surface area contributed by atoms with Gasteiger partial charge in [0.2, 0.25) is 5.82 Å². The van der Waals surface area contributed by atoms with Crippen LogP contribution in [0.3, 0.4) is 0 Å². The molecule has 1 heterocycles. The highest BCUT2D eigenvalue weighted by Gasteiger charge is 2.34. The van der Waals surface area contributed by atoms with Gasteiger partial charge in [0, 0.05) is 12.6 Å². The van der Waals surface area contributed by atoms with Gasteiger partial charge in [0.05, 0.1) is 4.92 Å². The monoisotopic (exact) mass is 292 g/mol. The molecule has 3 N–H and O–H groups in total. The van der Waals surface area contributed by atoms with Crippen molar-refractivity contribution in [2.24, 2.45) is 11.3 Å². The van der Waals surface area contributed by atoms with Gasteiger partial charge in [-0.05, 0) is 36.7 Å². The van der Waals surface area contributed by atoms with Gasteiger partial charge in [-0.2, -0.15) is 0 Å². The van der Waals surface area contributed by atoms with Crippen molar-refractivity contribution in [3.8, 4) is 0 Å². The van der Waals surface area contributed by atoms with E-state index in [4.69, 9.17) is 5.73 Å². The smallest absolute Gasteiger partial charge is 0.311 e. The summed E-state index contributed by atoms with van der Waals surface area (Å²) in [6, 6.07) is 2.87. The van der Waals surface area contributed by atoms with Crippen molar-refractivity contribution in [2.75, 3.05) is 17.6 Å². The molecule has 2 rings (SSSR count). The molecular formula is C15H24N4O2. The van der Waals surface area contributed by atoms with E-state index in [1.807, 2.05) is 0 Å². The van der Waals surface area contributed by atoms with E-state index in [-0.39, 0.29) is 16.9 Å². The molecule has 1 aromatic rings. The molecule has 0 atom stereocenters. The Hall–Kier alpha value is -1.85. The number of anilines is 2. The van der Waals surface area contributed by atoms with Crippen molar-refractivity contribution in [1.82, 2.24) is 4.98 Å². The van der Waals surface area contributed by atoms with Gasteiger partial charge < -0.3 is 11.1 Å². The summed E-state index contributed by atoms with van der Waals surface area (Å²) in [5, 5.41) is 14.3. The highest BCUT2D eigenvalue weighted by Crippen LogP contribution is 2.43. The second-order valence-electron chi connectivity index (χ2n) is 6.52. The molecule has 0 radical (unpaired) electrons. The van der Waals surface area contributed by atoms with Crippen LogP contribution in [0.25, 0.3) is 0 Å². The SMILES string of the molecule is CC(C)CC1(CNc2nc(N)ccc2[N+](=O)[O-])CCCC1. The minimum atomic E-state index is -0.418. The van der Waals surface area contributed by atoms with E-state index in [2.05, 4.69) is 24.1 Å². The molecular weight excluding hydrogens is 268 g/mol. The molecule has 1 fully saturated rings. The Kier molecular flexibility index (Phi) is 4.65. The molecule has 0 aromatic carbocycles. The van der Waals surface area contributed by atoms with Gasteiger partial charge in [-0.3, -0.25) is 10.1 Å². The number of aromatic nitrogens is 1. The van der Waals surface area contributed by atoms with Gasteiger partial charge in [-0.15, -0.1) is 0 Å². The zero-order valence-electron chi connectivity index (χ0n) is 12.8. The number of nitrogens with one attached hydrogen (secondary N) is 1. The number of nitrogens with two attached hydrogens (primary N) is 1. The first-order chi connectivity index (χ1) is 9.92. The summed E-state index contributed by atoms with van der Waals surface area (Å²) in [6.45, 7) is 5.17. The van der Waals surface area contributed by atoms with E-state index in [0.717, 1.165) is 13.0 Å². The first-order valence-corrected chi connectivity index (χ1v) is 7.57. The minimum Gasteiger partial charge on any atom is -0.384 e. The highest BCUT2D eigenvalue weighted by atomic mass is 16.6. The quantitative estimate of drug-likeness (QED) is 0.617. The molecule has 1 saturated carbocycles. The number of hydrogen-bond acceptors (Lipinski definition) is 5. The number of pyridine rings is 1. The fourth-order valence-electron chi connectivity index (χ4n) is 3.46. The number of nitrogen functional groups attached to an aromatic ring is 1. The number of nitro groups is 1. The lowest BCUT2D eigenvalue weighted by Gasteiger charge is -2.31. The fraction of sp³-hybridized carbons (Fsp3) is 0.667. The molecule has 1 aliphatic rings. The van der Waals surface area contributed by atoms with Gasteiger partial charge in [-0.1, -0.05) is 26.7 Å². The predicted molar refractivity (Wildman–Crippen MR) is 84.1 cm³/mol. The third-order valence-electron chi connectivity index (χ3n) is 4.23. The minimum absolute atomic E-state index is 0.0121. The maximum absolute atomic E-state index is 11.1. The Morgan fingerprint density at radius 3 is 2.67 bits per heavy atom. The number of nitrogens with zero attached hydrogens (tertiary/aromatic N) is 2. The van der Waals surface area contributed by atoms with Crippen molar-refractivity contribution < 1.29 is 4.92 Å². The summed E-state index contributed by atoms with van der Waals surface area (Å²) in [4.78, 5) is 14.7. The van der Waals surface area contributed by atoms with Crippen LogP contribution >= 0.6 is 0 Å². The zero-order valence-corrected chi connectivity index (χ0v) is 12.8. The molecule has 21 heavy (non-hydrogen) atoms. The second-order valence-corrected chi connectivity index (χ2v) is 6.52. The van der Waals surface area contributed by atoms with Crippen molar-refractivity contribution in [2.45, 2.75) is 46.0 Å². The van der Waals surface area contributed by atoms with Crippen molar-refractivity contribution in [3.63, 3.8) is 0 Å². The third-order valence-corrected chi connectivity index (χ3v) is 4.23. The molecule has 6 nitrogen and oxygen atoms in total. The van der Waals surface area contributed by atoms with E-state index in [9.17, 15) is 10.1 Å². The van der Waals surface area contributed by atoms with E-state index >= 15 is 0 Å². The molecule has 0 bridgehead atoms. The van der Waals surface area contributed by atoms with Crippen molar-refractivity contribution in [3.05, 3.63) is 22.2 Å². The molecule has 1 aromatic heterocycles. The van der Waals surface area contributed by atoms with Gasteiger partial charge in [0.25, 0.3) is 0 Å². The summed E-state index contributed by atoms with van der Waals surface area (Å²) < 4.78 is 0. The lowest BCUT2D eigenvalue weighted by Crippen LogP contribution is -2.29. The van der Waals surface area contributed by atoms with E-state index < -0.39 is 4.92 Å². The first-order valence-electron chi connectivity index (χ1n) is 7.57. The van der Waals surface area contributed by atoms with Gasteiger partial charge >= 0.3 is 5.69 Å². The highest BCUT2D eigenvalue weighted by molar-refractivity contribution is 5.59. The van der Waals surface area contributed by atoms with Gasteiger partial charge in [0.15, 0.2) is 0 Å². The van der Waals surface area contributed by atoms with Crippen molar-refractivity contribution >= 4 is 17.3 Å². The molecule has 0 saturated heterocycles. The van der Waals surface area contributed by atoms with Crippen LogP contribution in [0, 0.1) is 21.4 Å². The molecule has 6 heteroatoms. The second kappa shape index (κ2) is 6.28. The predicted octanol–water partition coefficient (Wildman–Crippen LogP) is 3.59. The van der Waals surface area contributed by atoms with Crippen LogP contribution in [0.1, 0.15) is 46.0 Å². The average Bonchev–Trinajstić information content (AvgIpc) is 2.84. The molecule has 1 aliphatic carbocycles. The Morgan fingerprint density at radius 2 is 2.10 bits per heavy atom.